The largest absolute Gasteiger partial charge is 0.508 e. The van der Waals surface area contributed by atoms with Crippen molar-refractivity contribution >= 4 is 12.1 Å². The van der Waals surface area contributed by atoms with Gasteiger partial charge in [0.2, 0.25) is 0 Å². The summed E-state index contributed by atoms with van der Waals surface area (Å²) in [5.41, 5.74) is 0. The first-order valence-corrected chi connectivity index (χ1v) is 5.05. The molecule has 1 saturated heterocycles. The number of hydrogen-bond acceptors (Lipinski definition) is 5. The molecule has 86 valence electrons. The van der Waals surface area contributed by atoms with Gasteiger partial charge in [-0.1, -0.05) is 13.8 Å². The summed E-state index contributed by atoms with van der Waals surface area (Å²) in [7, 11) is 0. The van der Waals surface area contributed by atoms with Gasteiger partial charge in [-0.3, -0.25) is 4.79 Å². The minimum Gasteiger partial charge on any atom is -0.465 e. The van der Waals surface area contributed by atoms with Crippen LogP contribution in [0.25, 0.3) is 0 Å². The van der Waals surface area contributed by atoms with E-state index < -0.39 is 12.1 Å². The third kappa shape index (κ3) is 4.18. The second-order valence-corrected chi connectivity index (χ2v) is 3.92. The van der Waals surface area contributed by atoms with Crippen LogP contribution in [0.4, 0.5) is 4.79 Å². The molecule has 0 aromatic heterocycles. The van der Waals surface area contributed by atoms with Gasteiger partial charge in [0.15, 0.2) is 0 Å². The molecule has 0 spiro atoms. The van der Waals surface area contributed by atoms with Crippen molar-refractivity contribution in [2.24, 2.45) is 11.8 Å². The highest BCUT2D eigenvalue weighted by atomic mass is 16.7. The van der Waals surface area contributed by atoms with E-state index in [1.54, 1.807) is 0 Å². The fourth-order valence-corrected chi connectivity index (χ4v) is 1.08. The minimum atomic E-state index is -0.721. The predicted octanol–water partition coefficient (Wildman–Crippen LogP) is 1.36. The van der Waals surface area contributed by atoms with E-state index in [4.69, 9.17) is 4.74 Å². The average Bonchev–Trinajstić information content (AvgIpc) is 2.18. The molecule has 0 aromatic carbocycles. The maximum absolute atomic E-state index is 11.4. The van der Waals surface area contributed by atoms with Crippen LogP contribution >= 0.6 is 0 Å². The molecule has 0 radical (unpaired) electrons. The number of carbonyl (C=O) groups excluding carboxylic acids is 2. The summed E-state index contributed by atoms with van der Waals surface area (Å²) in [6.07, 6.45) is 0.111. The smallest absolute Gasteiger partial charge is 0.465 e. The summed E-state index contributed by atoms with van der Waals surface area (Å²) < 4.78 is 14.2. The van der Waals surface area contributed by atoms with Crippen LogP contribution in [0.1, 0.15) is 20.3 Å². The number of esters is 1. The molecule has 0 unspecified atom stereocenters. The molecule has 0 N–H and O–H groups in total. The molecule has 1 aliphatic rings. The van der Waals surface area contributed by atoms with Crippen molar-refractivity contribution in [1.82, 2.24) is 0 Å². The highest BCUT2D eigenvalue weighted by Gasteiger charge is 2.28. The van der Waals surface area contributed by atoms with Gasteiger partial charge in [0, 0.05) is 0 Å². The van der Waals surface area contributed by atoms with Gasteiger partial charge in [0.25, 0.3) is 0 Å². The van der Waals surface area contributed by atoms with Gasteiger partial charge in [-0.25, -0.2) is 4.79 Å². The van der Waals surface area contributed by atoms with Crippen LogP contribution in [-0.4, -0.2) is 31.9 Å². The van der Waals surface area contributed by atoms with E-state index in [9.17, 15) is 9.59 Å². The third-order valence-electron chi connectivity index (χ3n) is 2.08. The molecule has 5 nitrogen and oxygen atoms in total. The lowest BCUT2D eigenvalue weighted by molar-refractivity contribution is -0.155. The molecule has 0 atom stereocenters. The summed E-state index contributed by atoms with van der Waals surface area (Å²) in [6.45, 7) is 4.62. The quantitative estimate of drug-likeness (QED) is 0.664. The molecule has 0 aromatic rings. The van der Waals surface area contributed by atoms with Gasteiger partial charge in [0.1, 0.15) is 19.1 Å². The zero-order valence-electron chi connectivity index (χ0n) is 9.02. The number of carbonyl (C=O) groups is 2. The van der Waals surface area contributed by atoms with Crippen molar-refractivity contribution in [3.8, 4) is 0 Å². The number of rotatable bonds is 4. The molecule has 1 rings (SSSR count). The molecular formula is C10H16O5. The van der Waals surface area contributed by atoms with Crippen molar-refractivity contribution in [3.63, 3.8) is 0 Å². The first-order valence-electron chi connectivity index (χ1n) is 5.05. The van der Waals surface area contributed by atoms with E-state index in [0.29, 0.717) is 12.5 Å². The molecule has 0 saturated carbocycles. The SMILES string of the molecule is CC(C)CCOC(=O)C1COC(=O)OC1. The molecule has 0 aliphatic carbocycles. The number of hydrogen-bond donors (Lipinski definition) is 0. The monoisotopic (exact) mass is 216 g/mol. The van der Waals surface area contributed by atoms with E-state index in [1.807, 2.05) is 0 Å². The van der Waals surface area contributed by atoms with Crippen LogP contribution in [0.15, 0.2) is 0 Å². The summed E-state index contributed by atoms with van der Waals surface area (Å²) >= 11 is 0. The highest BCUT2D eigenvalue weighted by Crippen LogP contribution is 2.10. The van der Waals surface area contributed by atoms with Gasteiger partial charge in [-0.15, -0.1) is 0 Å². The fraction of sp³-hybridized carbons (Fsp3) is 0.800. The topological polar surface area (TPSA) is 61.8 Å². The Labute approximate surface area is 88.7 Å². The average molecular weight is 216 g/mol. The van der Waals surface area contributed by atoms with Crippen molar-refractivity contribution in [2.75, 3.05) is 19.8 Å². The van der Waals surface area contributed by atoms with Crippen LogP contribution < -0.4 is 0 Å². The van der Waals surface area contributed by atoms with Gasteiger partial charge < -0.3 is 14.2 Å². The van der Waals surface area contributed by atoms with Crippen LogP contribution in [0.3, 0.4) is 0 Å². The first-order chi connectivity index (χ1) is 7.09. The first kappa shape index (κ1) is 11.8. The van der Waals surface area contributed by atoms with Gasteiger partial charge in [-0.05, 0) is 12.3 Å². The lowest BCUT2D eigenvalue weighted by Gasteiger charge is -2.20. The third-order valence-corrected chi connectivity index (χ3v) is 2.08. The molecule has 5 heteroatoms. The Kier molecular flexibility index (Phi) is 4.39. The van der Waals surface area contributed by atoms with E-state index in [-0.39, 0.29) is 19.2 Å². The number of cyclic esters (lactones) is 2. The summed E-state index contributed by atoms with van der Waals surface area (Å²) in [5.74, 6) is -0.337. The fourth-order valence-electron chi connectivity index (χ4n) is 1.08. The van der Waals surface area contributed by atoms with Crippen LogP contribution in [-0.2, 0) is 19.0 Å². The summed E-state index contributed by atoms with van der Waals surface area (Å²) in [6, 6.07) is 0. The Bertz CT molecular complexity index is 226. The normalized spacial score (nSPS) is 17.1. The summed E-state index contributed by atoms with van der Waals surface area (Å²) in [5, 5.41) is 0. The minimum absolute atomic E-state index is 0.0549. The van der Waals surface area contributed by atoms with Crippen LogP contribution in [0, 0.1) is 11.8 Å². The molecule has 0 bridgehead atoms. The zero-order valence-corrected chi connectivity index (χ0v) is 9.02. The zero-order chi connectivity index (χ0) is 11.3. The maximum Gasteiger partial charge on any atom is 0.508 e. The Morgan fingerprint density at radius 2 is 2.07 bits per heavy atom. The van der Waals surface area contributed by atoms with E-state index in [0.717, 1.165) is 6.42 Å². The van der Waals surface area contributed by atoms with Crippen molar-refractivity contribution in [3.05, 3.63) is 0 Å². The van der Waals surface area contributed by atoms with Crippen molar-refractivity contribution in [1.29, 1.82) is 0 Å². The van der Waals surface area contributed by atoms with E-state index in [2.05, 4.69) is 23.3 Å². The van der Waals surface area contributed by atoms with Crippen LogP contribution in [0.2, 0.25) is 0 Å². The van der Waals surface area contributed by atoms with Crippen molar-refractivity contribution < 1.29 is 23.8 Å². The van der Waals surface area contributed by atoms with Gasteiger partial charge in [-0.2, -0.15) is 0 Å². The predicted molar refractivity (Wildman–Crippen MR) is 51.2 cm³/mol. The lowest BCUT2D eigenvalue weighted by Crippen LogP contribution is -2.34. The number of ether oxygens (including phenoxy) is 3. The molecule has 15 heavy (non-hydrogen) atoms. The Hall–Kier alpha value is -1.26. The van der Waals surface area contributed by atoms with Crippen LogP contribution in [0.5, 0.6) is 0 Å². The van der Waals surface area contributed by atoms with Crippen molar-refractivity contribution in [2.45, 2.75) is 20.3 Å². The molecule has 1 fully saturated rings. The Balaban J connectivity index is 2.19. The highest BCUT2D eigenvalue weighted by molar-refractivity contribution is 5.74. The van der Waals surface area contributed by atoms with Gasteiger partial charge >= 0.3 is 12.1 Å². The Morgan fingerprint density at radius 1 is 1.47 bits per heavy atom. The molecule has 1 aliphatic heterocycles. The molecule has 0 amide bonds. The standard InChI is InChI=1S/C10H16O5/c1-7(2)3-4-13-9(11)8-5-14-10(12)15-6-8/h7-8H,3-6H2,1-2H3. The van der Waals surface area contributed by atoms with E-state index >= 15 is 0 Å². The van der Waals surface area contributed by atoms with Gasteiger partial charge in [0.05, 0.1) is 6.61 Å². The lowest BCUT2D eigenvalue weighted by atomic mass is 10.1. The second-order valence-electron chi connectivity index (χ2n) is 3.92. The molecule has 1 heterocycles. The Morgan fingerprint density at radius 3 is 2.60 bits per heavy atom. The summed E-state index contributed by atoms with van der Waals surface area (Å²) in [4.78, 5) is 21.9. The van der Waals surface area contributed by atoms with E-state index in [1.165, 1.54) is 0 Å². The second kappa shape index (κ2) is 5.58. The molecular weight excluding hydrogens is 200 g/mol. The maximum atomic E-state index is 11.4.